The monoisotopic (exact) mass is 298 g/mol. The van der Waals surface area contributed by atoms with Crippen LogP contribution >= 0.6 is 11.6 Å². The maximum Gasteiger partial charge on any atom is 0.272 e. The van der Waals surface area contributed by atoms with Crippen molar-refractivity contribution in [3.8, 4) is 0 Å². The highest BCUT2D eigenvalue weighted by Crippen LogP contribution is 2.22. The fourth-order valence-corrected chi connectivity index (χ4v) is 1.81. The van der Waals surface area contributed by atoms with Crippen LogP contribution in [0.3, 0.4) is 0 Å². The minimum absolute atomic E-state index is 0.0199. The predicted molar refractivity (Wildman–Crippen MR) is 71.8 cm³/mol. The van der Waals surface area contributed by atoms with E-state index in [1.807, 2.05) is 0 Å². The van der Waals surface area contributed by atoms with E-state index < -0.39 is 16.6 Å². The Morgan fingerprint density at radius 2 is 1.90 bits per heavy atom. The van der Waals surface area contributed by atoms with Gasteiger partial charge in [0, 0.05) is 12.6 Å². The Morgan fingerprint density at radius 3 is 2.50 bits per heavy atom. The first-order valence-electron chi connectivity index (χ1n) is 5.59. The summed E-state index contributed by atoms with van der Waals surface area (Å²) < 4.78 is 26.6. The van der Waals surface area contributed by atoms with Gasteiger partial charge in [0.1, 0.15) is 5.82 Å². The van der Waals surface area contributed by atoms with Crippen LogP contribution in [-0.4, -0.2) is 4.92 Å². The maximum absolute atomic E-state index is 13.6. The van der Waals surface area contributed by atoms with Crippen LogP contribution < -0.4 is 5.32 Å². The number of nitrogens with zero attached hydrogens (tertiary/aromatic N) is 1. The molecule has 0 aliphatic heterocycles. The van der Waals surface area contributed by atoms with Gasteiger partial charge in [-0.3, -0.25) is 10.1 Å². The fourth-order valence-electron chi connectivity index (χ4n) is 1.61. The Hall–Kier alpha value is -2.21. The summed E-state index contributed by atoms with van der Waals surface area (Å²) in [5.74, 6) is -1.26. The van der Waals surface area contributed by atoms with Gasteiger partial charge in [0.25, 0.3) is 5.69 Å². The lowest BCUT2D eigenvalue weighted by Crippen LogP contribution is -2.02. The Kier molecular flexibility index (Phi) is 4.14. The number of nitrogens with one attached hydrogen (secondary N) is 1. The Bertz CT molecular complexity index is 665. The van der Waals surface area contributed by atoms with E-state index in [0.29, 0.717) is 5.56 Å². The van der Waals surface area contributed by atoms with Crippen molar-refractivity contribution >= 4 is 23.0 Å². The van der Waals surface area contributed by atoms with E-state index in [0.717, 1.165) is 6.07 Å². The molecule has 2 rings (SSSR count). The normalized spacial score (nSPS) is 10.3. The van der Waals surface area contributed by atoms with E-state index in [1.165, 1.54) is 30.3 Å². The number of hydrogen-bond donors (Lipinski definition) is 1. The van der Waals surface area contributed by atoms with E-state index >= 15 is 0 Å². The highest BCUT2D eigenvalue weighted by atomic mass is 35.5. The molecule has 1 N–H and O–H groups in total. The molecule has 0 unspecified atom stereocenters. The van der Waals surface area contributed by atoms with Gasteiger partial charge in [0.15, 0.2) is 5.82 Å². The first-order chi connectivity index (χ1) is 9.47. The molecule has 0 aromatic heterocycles. The predicted octanol–water partition coefficient (Wildman–Crippen LogP) is 4.14. The van der Waals surface area contributed by atoms with Crippen LogP contribution in [0.25, 0.3) is 0 Å². The van der Waals surface area contributed by atoms with Gasteiger partial charge < -0.3 is 5.32 Å². The molecule has 0 saturated heterocycles. The van der Waals surface area contributed by atoms with E-state index in [1.54, 1.807) is 0 Å². The standard InChI is InChI=1S/C13H9ClF2N2O2/c14-10-5-8(1-3-11(10)15)7-17-13-4-2-9(18(19)20)6-12(13)16/h1-6,17H,7H2. The summed E-state index contributed by atoms with van der Waals surface area (Å²) in [5.41, 5.74) is 0.461. The number of nitro groups is 1. The molecular formula is C13H9ClF2N2O2. The first-order valence-corrected chi connectivity index (χ1v) is 5.97. The lowest BCUT2D eigenvalue weighted by molar-refractivity contribution is -0.385. The summed E-state index contributed by atoms with van der Waals surface area (Å²) in [6, 6.07) is 7.46. The summed E-state index contributed by atoms with van der Waals surface area (Å²) in [6.45, 7) is 0.217. The number of anilines is 1. The molecule has 7 heteroatoms. The van der Waals surface area contributed by atoms with Gasteiger partial charge >= 0.3 is 0 Å². The van der Waals surface area contributed by atoms with Gasteiger partial charge in [-0.1, -0.05) is 17.7 Å². The second-order valence-electron chi connectivity index (χ2n) is 4.02. The first kappa shape index (κ1) is 14.2. The molecular weight excluding hydrogens is 290 g/mol. The molecule has 2 aromatic rings. The summed E-state index contributed by atoms with van der Waals surface area (Å²) in [5, 5.41) is 13.2. The maximum atomic E-state index is 13.6. The quantitative estimate of drug-likeness (QED) is 0.682. The Balaban J connectivity index is 2.10. The minimum Gasteiger partial charge on any atom is -0.379 e. The van der Waals surface area contributed by atoms with Crippen molar-refractivity contribution in [1.82, 2.24) is 0 Å². The van der Waals surface area contributed by atoms with Crippen LogP contribution in [0.4, 0.5) is 20.2 Å². The van der Waals surface area contributed by atoms with E-state index in [-0.39, 0.29) is 22.9 Å². The number of rotatable bonds is 4. The zero-order chi connectivity index (χ0) is 14.7. The molecule has 0 aliphatic carbocycles. The lowest BCUT2D eigenvalue weighted by Gasteiger charge is -2.08. The van der Waals surface area contributed by atoms with Crippen molar-refractivity contribution < 1.29 is 13.7 Å². The van der Waals surface area contributed by atoms with Gasteiger partial charge in [0.2, 0.25) is 0 Å². The fraction of sp³-hybridized carbons (Fsp3) is 0.0769. The smallest absolute Gasteiger partial charge is 0.272 e. The van der Waals surface area contributed by atoms with Gasteiger partial charge in [-0.2, -0.15) is 0 Å². The third-order valence-corrected chi connectivity index (χ3v) is 2.92. The van der Waals surface area contributed by atoms with Crippen molar-refractivity contribution in [3.63, 3.8) is 0 Å². The molecule has 0 aliphatic rings. The molecule has 0 bridgehead atoms. The van der Waals surface area contributed by atoms with Gasteiger partial charge in [-0.25, -0.2) is 8.78 Å². The van der Waals surface area contributed by atoms with Crippen LogP contribution in [0.15, 0.2) is 36.4 Å². The molecule has 20 heavy (non-hydrogen) atoms. The van der Waals surface area contributed by atoms with Gasteiger partial charge in [-0.15, -0.1) is 0 Å². The summed E-state index contributed by atoms with van der Waals surface area (Å²) >= 11 is 5.63. The molecule has 0 fully saturated rings. The van der Waals surface area contributed by atoms with Crippen molar-refractivity contribution in [2.75, 3.05) is 5.32 Å². The van der Waals surface area contributed by atoms with E-state index in [9.17, 15) is 18.9 Å². The highest BCUT2D eigenvalue weighted by molar-refractivity contribution is 6.30. The van der Waals surface area contributed by atoms with E-state index in [4.69, 9.17) is 11.6 Å². The van der Waals surface area contributed by atoms with Crippen LogP contribution in [0.5, 0.6) is 0 Å². The molecule has 2 aromatic carbocycles. The molecule has 0 heterocycles. The highest BCUT2D eigenvalue weighted by Gasteiger charge is 2.10. The van der Waals surface area contributed by atoms with Gasteiger partial charge in [0.05, 0.1) is 21.7 Å². The van der Waals surface area contributed by atoms with Crippen LogP contribution in [0.1, 0.15) is 5.56 Å². The van der Waals surface area contributed by atoms with Crippen molar-refractivity contribution in [3.05, 3.63) is 68.7 Å². The summed E-state index contributed by atoms with van der Waals surface area (Å²) in [7, 11) is 0. The minimum atomic E-state index is -0.729. The molecule has 0 amide bonds. The average Bonchev–Trinajstić information content (AvgIpc) is 2.41. The van der Waals surface area contributed by atoms with Crippen molar-refractivity contribution in [2.24, 2.45) is 0 Å². The largest absolute Gasteiger partial charge is 0.379 e. The number of non-ortho nitro benzene ring substituents is 1. The number of nitro benzene ring substituents is 1. The lowest BCUT2D eigenvalue weighted by atomic mass is 10.2. The van der Waals surface area contributed by atoms with Crippen molar-refractivity contribution in [1.29, 1.82) is 0 Å². The molecule has 104 valence electrons. The van der Waals surface area contributed by atoms with Crippen LogP contribution in [-0.2, 0) is 6.54 Å². The second kappa shape index (κ2) is 5.83. The van der Waals surface area contributed by atoms with Gasteiger partial charge in [-0.05, 0) is 23.8 Å². The van der Waals surface area contributed by atoms with E-state index in [2.05, 4.69) is 5.32 Å². The molecule has 4 nitrogen and oxygen atoms in total. The van der Waals surface area contributed by atoms with Crippen LogP contribution in [0, 0.1) is 21.7 Å². The Labute approximate surface area is 118 Å². The number of halogens is 3. The topological polar surface area (TPSA) is 55.2 Å². The summed E-state index contributed by atoms with van der Waals surface area (Å²) in [6.07, 6.45) is 0. The van der Waals surface area contributed by atoms with Crippen LogP contribution in [0.2, 0.25) is 5.02 Å². The zero-order valence-electron chi connectivity index (χ0n) is 10.1. The summed E-state index contributed by atoms with van der Waals surface area (Å²) in [4.78, 5) is 9.81. The Morgan fingerprint density at radius 1 is 1.15 bits per heavy atom. The number of hydrogen-bond acceptors (Lipinski definition) is 3. The molecule has 0 atom stereocenters. The second-order valence-corrected chi connectivity index (χ2v) is 4.43. The zero-order valence-corrected chi connectivity index (χ0v) is 10.8. The van der Waals surface area contributed by atoms with Crippen molar-refractivity contribution in [2.45, 2.75) is 6.54 Å². The number of benzene rings is 2. The SMILES string of the molecule is O=[N+]([O-])c1ccc(NCc2ccc(F)c(Cl)c2)c(F)c1. The molecule has 0 radical (unpaired) electrons. The molecule has 0 spiro atoms. The third kappa shape index (κ3) is 3.21. The molecule has 0 saturated carbocycles. The average molecular weight is 299 g/mol. The third-order valence-electron chi connectivity index (χ3n) is 2.63.